The van der Waals surface area contributed by atoms with E-state index < -0.39 is 11.9 Å². The molecule has 0 aromatic heterocycles. The molecule has 1 aromatic carbocycles. The maximum Gasteiger partial charge on any atom is 0.165 e. The molecule has 0 spiro atoms. The van der Waals surface area contributed by atoms with Crippen LogP contribution in [0.3, 0.4) is 0 Å². The molecule has 130 valence electrons. The predicted molar refractivity (Wildman–Crippen MR) is 90.3 cm³/mol. The summed E-state index contributed by atoms with van der Waals surface area (Å²) in [5.41, 5.74) is 0.866. The third-order valence-electron chi connectivity index (χ3n) is 4.01. The molecule has 0 saturated heterocycles. The minimum absolute atomic E-state index is 0.0503. The Morgan fingerprint density at radius 3 is 2.70 bits per heavy atom. The van der Waals surface area contributed by atoms with Gasteiger partial charge in [0, 0.05) is 12.8 Å². The van der Waals surface area contributed by atoms with E-state index in [2.05, 4.69) is 6.92 Å². The Morgan fingerprint density at radius 1 is 1.26 bits per heavy atom. The number of carbonyl (C=O) groups excluding carboxylic acids is 1. The number of ketones is 1. The molecule has 0 saturated carbocycles. The Morgan fingerprint density at radius 2 is 2.00 bits per heavy atom. The zero-order valence-corrected chi connectivity index (χ0v) is 14.3. The molecular weight excluding hydrogens is 295 g/mol. The Kier molecular flexibility index (Phi) is 9.53. The number of hydrogen-bond donors (Lipinski definition) is 1. The van der Waals surface area contributed by atoms with E-state index in [0.29, 0.717) is 19.3 Å². The van der Waals surface area contributed by atoms with E-state index in [1.54, 1.807) is 12.1 Å². The second-order valence-electron chi connectivity index (χ2n) is 6.07. The van der Waals surface area contributed by atoms with Gasteiger partial charge in [0.15, 0.2) is 11.6 Å². The van der Waals surface area contributed by atoms with Gasteiger partial charge >= 0.3 is 0 Å². The highest BCUT2D eigenvalue weighted by Gasteiger charge is 2.11. The molecule has 0 aliphatic carbocycles. The fourth-order valence-electron chi connectivity index (χ4n) is 2.59. The van der Waals surface area contributed by atoms with Gasteiger partial charge in [0.2, 0.25) is 0 Å². The highest BCUT2D eigenvalue weighted by Crippen LogP contribution is 2.19. The van der Waals surface area contributed by atoms with E-state index in [-0.39, 0.29) is 18.0 Å². The molecule has 1 N–H and O–H groups in total. The minimum atomic E-state index is -0.535. The first-order valence-corrected chi connectivity index (χ1v) is 8.59. The topological polar surface area (TPSA) is 46.5 Å². The monoisotopic (exact) mass is 324 g/mol. The van der Waals surface area contributed by atoms with Crippen molar-refractivity contribution in [3.05, 3.63) is 29.6 Å². The van der Waals surface area contributed by atoms with E-state index >= 15 is 0 Å². The molecule has 1 aromatic rings. The van der Waals surface area contributed by atoms with E-state index in [0.717, 1.165) is 18.4 Å². The van der Waals surface area contributed by atoms with Crippen LogP contribution in [-0.4, -0.2) is 24.1 Å². The molecule has 0 radical (unpaired) electrons. The summed E-state index contributed by atoms with van der Waals surface area (Å²) in [6, 6.07) is 4.63. The van der Waals surface area contributed by atoms with Crippen molar-refractivity contribution in [3.63, 3.8) is 0 Å². The summed E-state index contributed by atoms with van der Waals surface area (Å²) >= 11 is 0. The number of rotatable bonds is 12. The van der Waals surface area contributed by atoms with Gasteiger partial charge in [0.25, 0.3) is 0 Å². The van der Waals surface area contributed by atoms with Crippen molar-refractivity contribution in [3.8, 4) is 5.75 Å². The fraction of sp³-hybridized carbons (Fsp3) is 0.632. The summed E-state index contributed by atoms with van der Waals surface area (Å²) < 4.78 is 18.2. The van der Waals surface area contributed by atoms with Crippen LogP contribution in [0.15, 0.2) is 18.2 Å². The van der Waals surface area contributed by atoms with Gasteiger partial charge in [-0.1, -0.05) is 45.1 Å². The molecule has 3 nitrogen and oxygen atoms in total. The molecule has 1 rings (SSSR count). The number of Topliss-reactive ketones (excluding diaryl/α,β-unsaturated/α-hetero) is 1. The van der Waals surface area contributed by atoms with Crippen LogP contribution >= 0.6 is 0 Å². The van der Waals surface area contributed by atoms with Gasteiger partial charge < -0.3 is 9.84 Å². The van der Waals surface area contributed by atoms with Crippen LogP contribution in [0.1, 0.15) is 63.9 Å². The van der Waals surface area contributed by atoms with Crippen LogP contribution in [0, 0.1) is 5.82 Å². The third kappa shape index (κ3) is 8.12. The SMILES string of the molecule is CCCCCCCC(O)CC(=O)CCc1ccc(F)c(OC)c1. The zero-order valence-electron chi connectivity index (χ0n) is 14.3. The lowest BCUT2D eigenvalue weighted by Gasteiger charge is -2.10. The molecule has 0 aliphatic heterocycles. The molecule has 1 atom stereocenters. The number of aliphatic hydroxyl groups is 1. The van der Waals surface area contributed by atoms with Crippen LogP contribution < -0.4 is 4.74 Å². The smallest absolute Gasteiger partial charge is 0.165 e. The number of hydrogen-bond acceptors (Lipinski definition) is 3. The average molecular weight is 324 g/mol. The fourth-order valence-corrected chi connectivity index (χ4v) is 2.59. The van der Waals surface area contributed by atoms with Crippen LogP contribution in [0.2, 0.25) is 0 Å². The lowest BCUT2D eigenvalue weighted by molar-refractivity contribution is -0.121. The third-order valence-corrected chi connectivity index (χ3v) is 4.01. The average Bonchev–Trinajstić information content (AvgIpc) is 2.54. The Balaban J connectivity index is 2.25. The van der Waals surface area contributed by atoms with E-state index in [1.165, 1.54) is 32.4 Å². The summed E-state index contributed by atoms with van der Waals surface area (Å²) in [5, 5.41) is 9.90. The number of methoxy groups -OCH3 is 1. The maximum absolute atomic E-state index is 13.3. The second kappa shape index (κ2) is 11.2. The summed E-state index contributed by atoms with van der Waals surface area (Å²) in [6.07, 6.45) is 7.01. The van der Waals surface area contributed by atoms with E-state index in [1.807, 2.05) is 0 Å². The van der Waals surface area contributed by atoms with E-state index in [4.69, 9.17) is 4.74 Å². The molecule has 0 aliphatic rings. The second-order valence-corrected chi connectivity index (χ2v) is 6.07. The summed E-state index contributed by atoms with van der Waals surface area (Å²) in [6.45, 7) is 2.17. The van der Waals surface area contributed by atoms with Gasteiger partial charge in [-0.3, -0.25) is 4.79 Å². The van der Waals surface area contributed by atoms with Gasteiger partial charge in [-0.2, -0.15) is 0 Å². The van der Waals surface area contributed by atoms with Gasteiger partial charge in [0.1, 0.15) is 5.78 Å². The van der Waals surface area contributed by atoms with Crippen molar-refractivity contribution in [1.29, 1.82) is 0 Å². The van der Waals surface area contributed by atoms with Crippen LogP contribution in [0.25, 0.3) is 0 Å². The number of benzene rings is 1. The van der Waals surface area contributed by atoms with Crippen LogP contribution in [0.5, 0.6) is 5.75 Å². The van der Waals surface area contributed by atoms with Crippen LogP contribution in [-0.2, 0) is 11.2 Å². The number of ether oxygens (including phenoxy) is 1. The van der Waals surface area contributed by atoms with Crippen molar-refractivity contribution in [1.82, 2.24) is 0 Å². The first-order valence-electron chi connectivity index (χ1n) is 8.59. The zero-order chi connectivity index (χ0) is 17.1. The predicted octanol–water partition coefficient (Wildman–Crippen LogP) is 4.45. The number of carbonyl (C=O) groups is 1. The quantitative estimate of drug-likeness (QED) is 0.578. The standard InChI is InChI=1S/C19H29FO3/c1-3-4-5-6-7-8-16(21)14-17(22)11-9-15-10-12-18(20)19(13-15)23-2/h10,12-13,16,21H,3-9,11,14H2,1-2H3. The molecule has 4 heteroatoms. The van der Waals surface area contributed by atoms with Gasteiger partial charge in [0.05, 0.1) is 13.2 Å². The van der Waals surface area contributed by atoms with Crippen molar-refractivity contribution >= 4 is 5.78 Å². The van der Waals surface area contributed by atoms with Gasteiger partial charge in [-0.05, 0) is 30.5 Å². The summed E-state index contributed by atoms with van der Waals surface area (Å²) in [5.74, 6) is -0.155. The largest absolute Gasteiger partial charge is 0.494 e. The highest BCUT2D eigenvalue weighted by atomic mass is 19.1. The molecule has 0 amide bonds. The minimum Gasteiger partial charge on any atom is -0.494 e. The van der Waals surface area contributed by atoms with Gasteiger partial charge in [-0.25, -0.2) is 4.39 Å². The first kappa shape index (κ1) is 19.6. The molecule has 0 heterocycles. The lowest BCUT2D eigenvalue weighted by atomic mass is 10.0. The highest BCUT2D eigenvalue weighted by molar-refractivity contribution is 5.79. The van der Waals surface area contributed by atoms with Crippen molar-refractivity contribution in [2.24, 2.45) is 0 Å². The number of aryl methyl sites for hydroxylation is 1. The summed E-state index contributed by atoms with van der Waals surface area (Å²) in [7, 11) is 1.42. The number of aliphatic hydroxyl groups excluding tert-OH is 1. The summed E-state index contributed by atoms with van der Waals surface area (Å²) in [4.78, 5) is 11.9. The Bertz CT molecular complexity index is 474. The van der Waals surface area contributed by atoms with Crippen LogP contribution in [0.4, 0.5) is 4.39 Å². The number of unbranched alkanes of at least 4 members (excludes halogenated alkanes) is 4. The molecule has 1 unspecified atom stereocenters. The van der Waals surface area contributed by atoms with Crippen molar-refractivity contribution in [2.45, 2.75) is 70.8 Å². The maximum atomic E-state index is 13.3. The number of halogens is 1. The van der Waals surface area contributed by atoms with E-state index in [9.17, 15) is 14.3 Å². The normalized spacial score (nSPS) is 12.2. The van der Waals surface area contributed by atoms with Crippen molar-refractivity contribution in [2.75, 3.05) is 7.11 Å². The molecular formula is C19H29FO3. The Labute approximate surface area is 138 Å². The van der Waals surface area contributed by atoms with Gasteiger partial charge in [-0.15, -0.1) is 0 Å². The first-order chi connectivity index (χ1) is 11.1. The van der Waals surface area contributed by atoms with Crippen molar-refractivity contribution < 1.29 is 19.0 Å². The Hall–Kier alpha value is -1.42. The molecule has 0 fully saturated rings. The lowest BCUT2D eigenvalue weighted by Crippen LogP contribution is -2.14. The molecule has 0 bridgehead atoms. The molecule has 23 heavy (non-hydrogen) atoms.